The third kappa shape index (κ3) is 2.10. The number of ether oxygens (including phenoxy) is 1. The lowest BCUT2D eigenvalue weighted by Crippen LogP contribution is -1.92. The number of nitro benzene ring substituents is 1. The first kappa shape index (κ1) is 11.9. The summed E-state index contributed by atoms with van der Waals surface area (Å²) in [7, 11) is 1.43. The molecule has 0 atom stereocenters. The van der Waals surface area contributed by atoms with Crippen molar-refractivity contribution in [1.29, 1.82) is 0 Å². The molecule has 0 aliphatic rings. The third-order valence-electron chi connectivity index (χ3n) is 2.59. The van der Waals surface area contributed by atoms with E-state index in [4.69, 9.17) is 4.74 Å². The fourth-order valence-corrected chi connectivity index (χ4v) is 1.72. The Kier molecular flexibility index (Phi) is 3.14. The summed E-state index contributed by atoms with van der Waals surface area (Å²) in [6.45, 7) is 0. The van der Waals surface area contributed by atoms with Crippen LogP contribution in [0.3, 0.4) is 0 Å². The molecule has 0 saturated carbocycles. The van der Waals surface area contributed by atoms with Crippen molar-refractivity contribution in [3.63, 3.8) is 0 Å². The molecule has 0 saturated heterocycles. The maximum atomic E-state index is 10.9. The molecule has 2 rings (SSSR count). The van der Waals surface area contributed by atoms with Crippen LogP contribution in [0.1, 0.15) is 0 Å². The summed E-state index contributed by atoms with van der Waals surface area (Å²) in [4.78, 5) is 10.5. The number of hydrogen-bond donors (Lipinski definition) is 1. The maximum absolute atomic E-state index is 10.9. The molecule has 0 bridgehead atoms. The van der Waals surface area contributed by atoms with Gasteiger partial charge in [-0.15, -0.1) is 0 Å². The smallest absolute Gasteiger partial charge is 0.277 e. The standard InChI is InChI=1S/C13H11NO4/c1-18-13-8-9(6-7-12(13)15)10-4-2-3-5-11(10)14(16)17/h2-8,15H,1H3. The summed E-state index contributed by atoms with van der Waals surface area (Å²) < 4.78 is 4.99. The number of para-hydroxylation sites is 1. The van der Waals surface area contributed by atoms with Crippen molar-refractivity contribution in [3.8, 4) is 22.6 Å². The van der Waals surface area contributed by atoms with E-state index in [2.05, 4.69) is 0 Å². The Morgan fingerprint density at radius 3 is 2.61 bits per heavy atom. The zero-order chi connectivity index (χ0) is 13.1. The second-order valence-corrected chi connectivity index (χ2v) is 3.66. The second-order valence-electron chi connectivity index (χ2n) is 3.66. The van der Waals surface area contributed by atoms with Gasteiger partial charge >= 0.3 is 0 Å². The van der Waals surface area contributed by atoms with E-state index in [0.717, 1.165) is 0 Å². The van der Waals surface area contributed by atoms with Gasteiger partial charge in [0.05, 0.1) is 17.6 Å². The lowest BCUT2D eigenvalue weighted by Gasteiger charge is -2.07. The molecular formula is C13H11NO4. The normalized spacial score (nSPS) is 10.1. The number of nitrogens with zero attached hydrogens (tertiary/aromatic N) is 1. The number of hydrogen-bond acceptors (Lipinski definition) is 4. The van der Waals surface area contributed by atoms with Crippen molar-refractivity contribution in [2.75, 3.05) is 7.11 Å². The van der Waals surface area contributed by atoms with Crippen LogP contribution in [-0.4, -0.2) is 17.1 Å². The number of nitro groups is 1. The van der Waals surface area contributed by atoms with E-state index in [1.54, 1.807) is 30.3 Å². The van der Waals surface area contributed by atoms with E-state index in [1.165, 1.54) is 19.2 Å². The molecule has 0 aliphatic heterocycles. The Hall–Kier alpha value is -2.56. The number of phenolic OH excluding ortho intramolecular Hbond substituents is 1. The minimum absolute atomic E-state index is 0.000154. The summed E-state index contributed by atoms with van der Waals surface area (Å²) in [5, 5.41) is 20.4. The van der Waals surface area contributed by atoms with Crippen LogP contribution in [0.15, 0.2) is 42.5 Å². The van der Waals surface area contributed by atoms with Gasteiger partial charge < -0.3 is 9.84 Å². The van der Waals surface area contributed by atoms with Crippen LogP contribution >= 0.6 is 0 Å². The summed E-state index contributed by atoms with van der Waals surface area (Å²) in [5.41, 5.74) is 1.13. The van der Waals surface area contributed by atoms with Crippen molar-refractivity contribution in [2.45, 2.75) is 0 Å². The quantitative estimate of drug-likeness (QED) is 0.666. The molecule has 0 radical (unpaired) electrons. The predicted octanol–water partition coefficient (Wildman–Crippen LogP) is 2.98. The number of aromatic hydroxyl groups is 1. The molecule has 92 valence electrons. The van der Waals surface area contributed by atoms with Gasteiger partial charge in [0, 0.05) is 6.07 Å². The van der Waals surface area contributed by atoms with E-state index in [9.17, 15) is 15.2 Å². The first-order chi connectivity index (χ1) is 8.63. The molecule has 0 aromatic heterocycles. The van der Waals surface area contributed by atoms with Gasteiger partial charge in [0.1, 0.15) is 0 Å². The van der Waals surface area contributed by atoms with E-state index < -0.39 is 4.92 Å². The van der Waals surface area contributed by atoms with Crippen LogP contribution in [0.25, 0.3) is 11.1 Å². The Bertz CT molecular complexity index is 595. The van der Waals surface area contributed by atoms with Gasteiger partial charge in [-0.1, -0.05) is 18.2 Å². The molecule has 0 spiro atoms. The topological polar surface area (TPSA) is 72.6 Å². The molecule has 0 fully saturated rings. The molecule has 0 unspecified atom stereocenters. The van der Waals surface area contributed by atoms with Crippen LogP contribution in [0.5, 0.6) is 11.5 Å². The van der Waals surface area contributed by atoms with Gasteiger partial charge in [0.2, 0.25) is 0 Å². The first-order valence-corrected chi connectivity index (χ1v) is 5.24. The zero-order valence-electron chi connectivity index (χ0n) is 9.66. The van der Waals surface area contributed by atoms with Crippen molar-refractivity contribution in [2.24, 2.45) is 0 Å². The summed E-state index contributed by atoms with van der Waals surface area (Å²) in [5.74, 6) is 0.283. The molecule has 18 heavy (non-hydrogen) atoms. The van der Waals surface area contributed by atoms with Crippen molar-refractivity contribution >= 4 is 5.69 Å². The Balaban J connectivity index is 2.58. The molecule has 2 aromatic rings. The van der Waals surface area contributed by atoms with Crippen LogP contribution < -0.4 is 4.74 Å². The van der Waals surface area contributed by atoms with Crippen LogP contribution in [-0.2, 0) is 0 Å². The van der Waals surface area contributed by atoms with Gasteiger partial charge in [0.15, 0.2) is 11.5 Å². The molecule has 1 N–H and O–H groups in total. The lowest BCUT2D eigenvalue weighted by atomic mass is 10.0. The largest absolute Gasteiger partial charge is 0.504 e. The Labute approximate surface area is 103 Å². The van der Waals surface area contributed by atoms with Crippen molar-refractivity contribution < 1.29 is 14.8 Å². The summed E-state index contributed by atoms with van der Waals surface area (Å²) >= 11 is 0. The lowest BCUT2D eigenvalue weighted by molar-refractivity contribution is -0.384. The molecule has 0 amide bonds. The molecular weight excluding hydrogens is 234 g/mol. The maximum Gasteiger partial charge on any atom is 0.277 e. The average molecular weight is 245 g/mol. The second kappa shape index (κ2) is 4.75. The van der Waals surface area contributed by atoms with Gasteiger partial charge in [-0.25, -0.2) is 0 Å². The highest BCUT2D eigenvalue weighted by Crippen LogP contribution is 2.35. The first-order valence-electron chi connectivity index (χ1n) is 5.24. The fraction of sp³-hybridized carbons (Fsp3) is 0.0769. The van der Waals surface area contributed by atoms with Crippen LogP contribution in [0.2, 0.25) is 0 Å². The van der Waals surface area contributed by atoms with Crippen LogP contribution in [0, 0.1) is 10.1 Å². The minimum Gasteiger partial charge on any atom is -0.504 e. The number of methoxy groups -OCH3 is 1. The number of benzene rings is 2. The zero-order valence-corrected chi connectivity index (χ0v) is 9.66. The fourth-order valence-electron chi connectivity index (χ4n) is 1.72. The van der Waals surface area contributed by atoms with Gasteiger partial charge in [-0.05, 0) is 23.8 Å². The minimum atomic E-state index is -0.436. The molecule has 2 aromatic carbocycles. The molecule has 0 aliphatic carbocycles. The van der Waals surface area contributed by atoms with Gasteiger partial charge in [-0.2, -0.15) is 0 Å². The van der Waals surface area contributed by atoms with Gasteiger partial charge in [-0.3, -0.25) is 10.1 Å². The molecule has 5 nitrogen and oxygen atoms in total. The summed E-state index contributed by atoms with van der Waals surface area (Å²) in [6, 6.07) is 11.1. The highest BCUT2D eigenvalue weighted by atomic mass is 16.6. The van der Waals surface area contributed by atoms with E-state index in [0.29, 0.717) is 11.1 Å². The Morgan fingerprint density at radius 1 is 1.22 bits per heavy atom. The third-order valence-corrected chi connectivity index (χ3v) is 2.59. The van der Waals surface area contributed by atoms with Crippen molar-refractivity contribution in [3.05, 3.63) is 52.6 Å². The van der Waals surface area contributed by atoms with Crippen molar-refractivity contribution in [1.82, 2.24) is 0 Å². The Morgan fingerprint density at radius 2 is 1.94 bits per heavy atom. The molecule has 0 heterocycles. The number of rotatable bonds is 3. The van der Waals surface area contributed by atoms with E-state index >= 15 is 0 Å². The molecule has 5 heteroatoms. The summed E-state index contributed by atoms with van der Waals surface area (Å²) in [6.07, 6.45) is 0. The number of phenols is 1. The SMILES string of the molecule is COc1cc(-c2ccccc2[N+](=O)[O-])ccc1O. The highest BCUT2D eigenvalue weighted by molar-refractivity contribution is 5.75. The highest BCUT2D eigenvalue weighted by Gasteiger charge is 2.15. The average Bonchev–Trinajstić information content (AvgIpc) is 2.39. The monoisotopic (exact) mass is 245 g/mol. The van der Waals surface area contributed by atoms with Gasteiger partial charge in [0.25, 0.3) is 5.69 Å². The van der Waals surface area contributed by atoms with E-state index in [1.807, 2.05) is 0 Å². The van der Waals surface area contributed by atoms with Crippen LogP contribution in [0.4, 0.5) is 5.69 Å². The predicted molar refractivity (Wildman–Crippen MR) is 66.7 cm³/mol. The van der Waals surface area contributed by atoms with E-state index in [-0.39, 0.29) is 17.2 Å².